The number of aromatic nitrogens is 2. The fourth-order valence-electron chi connectivity index (χ4n) is 1.10. The van der Waals surface area contributed by atoms with E-state index < -0.39 is 10.0 Å². The largest absolute Gasteiger partial charge is 0.243 e. The summed E-state index contributed by atoms with van der Waals surface area (Å²) in [6.45, 7) is 0.253. The van der Waals surface area contributed by atoms with E-state index in [1.54, 1.807) is 0 Å². The van der Waals surface area contributed by atoms with Crippen molar-refractivity contribution in [3.8, 4) is 0 Å². The molecular formula is C9H8ClN3O2S2. The van der Waals surface area contributed by atoms with Gasteiger partial charge < -0.3 is 0 Å². The molecule has 1 N–H and O–H groups in total. The standard InChI is InChI=1S/C9H8ClN3O2S2/c10-9-11-5-8(6-12-9)17(14,15)13-4-7-2-1-3-16-7/h1-3,5-6,13H,4H2. The Hall–Kier alpha value is -1.02. The molecule has 0 spiro atoms. The van der Waals surface area contributed by atoms with Crippen LogP contribution in [-0.4, -0.2) is 18.4 Å². The molecular weight excluding hydrogens is 282 g/mol. The maximum Gasteiger partial charge on any atom is 0.243 e. The summed E-state index contributed by atoms with van der Waals surface area (Å²) in [6, 6.07) is 3.71. The van der Waals surface area contributed by atoms with Gasteiger partial charge in [0.25, 0.3) is 0 Å². The molecule has 0 atom stereocenters. The molecule has 0 aromatic carbocycles. The molecule has 0 bridgehead atoms. The third-order valence-corrected chi connectivity index (χ3v) is 4.35. The summed E-state index contributed by atoms with van der Waals surface area (Å²) in [6.07, 6.45) is 2.35. The summed E-state index contributed by atoms with van der Waals surface area (Å²) in [5.41, 5.74) is 0. The van der Waals surface area contributed by atoms with Gasteiger partial charge in [-0.2, -0.15) is 0 Å². The van der Waals surface area contributed by atoms with Crippen molar-refractivity contribution >= 4 is 33.0 Å². The number of nitrogens with zero attached hydrogens (tertiary/aromatic N) is 2. The maximum atomic E-state index is 11.8. The van der Waals surface area contributed by atoms with Crippen LogP contribution in [0.15, 0.2) is 34.8 Å². The smallest absolute Gasteiger partial charge is 0.225 e. The Morgan fingerprint density at radius 3 is 2.65 bits per heavy atom. The van der Waals surface area contributed by atoms with Gasteiger partial charge in [-0.25, -0.2) is 23.1 Å². The summed E-state index contributed by atoms with van der Waals surface area (Å²) in [7, 11) is -3.58. The lowest BCUT2D eigenvalue weighted by atomic mass is 10.5. The van der Waals surface area contributed by atoms with E-state index in [0.29, 0.717) is 0 Å². The molecule has 0 saturated carbocycles. The topological polar surface area (TPSA) is 72.0 Å². The van der Waals surface area contributed by atoms with Crippen molar-refractivity contribution in [2.24, 2.45) is 0 Å². The Morgan fingerprint density at radius 2 is 2.06 bits per heavy atom. The molecule has 2 heterocycles. The van der Waals surface area contributed by atoms with Crippen LogP contribution in [0.2, 0.25) is 5.28 Å². The first-order valence-corrected chi connectivity index (χ1v) is 7.31. The predicted molar refractivity (Wildman–Crippen MR) is 65.4 cm³/mol. The Kier molecular flexibility index (Phi) is 3.72. The zero-order valence-electron chi connectivity index (χ0n) is 8.50. The summed E-state index contributed by atoms with van der Waals surface area (Å²) >= 11 is 6.97. The van der Waals surface area contributed by atoms with E-state index in [4.69, 9.17) is 11.6 Å². The quantitative estimate of drug-likeness (QED) is 0.869. The van der Waals surface area contributed by atoms with Crippen molar-refractivity contribution in [1.29, 1.82) is 0 Å². The monoisotopic (exact) mass is 289 g/mol. The molecule has 17 heavy (non-hydrogen) atoms. The normalized spacial score (nSPS) is 11.6. The van der Waals surface area contributed by atoms with Crippen molar-refractivity contribution in [1.82, 2.24) is 14.7 Å². The molecule has 0 saturated heterocycles. The fraction of sp³-hybridized carbons (Fsp3) is 0.111. The molecule has 90 valence electrons. The molecule has 0 aliphatic carbocycles. The molecule has 2 aromatic heterocycles. The maximum absolute atomic E-state index is 11.8. The average Bonchev–Trinajstić information content (AvgIpc) is 2.80. The number of halogens is 1. The minimum Gasteiger partial charge on any atom is -0.225 e. The van der Waals surface area contributed by atoms with Crippen LogP contribution in [-0.2, 0) is 16.6 Å². The lowest BCUT2D eigenvalue weighted by Crippen LogP contribution is -2.23. The summed E-state index contributed by atoms with van der Waals surface area (Å²) < 4.78 is 26.1. The zero-order valence-corrected chi connectivity index (χ0v) is 10.9. The van der Waals surface area contributed by atoms with Crippen molar-refractivity contribution in [2.75, 3.05) is 0 Å². The highest BCUT2D eigenvalue weighted by atomic mass is 35.5. The molecule has 0 radical (unpaired) electrons. The van der Waals surface area contributed by atoms with Gasteiger partial charge in [-0.3, -0.25) is 0 Å². The third-order valence-electron chi connectivity index (χ3n) is 1.92. The van der Waals surface area contributed by atoms with Gasteiger partial charge in [0.1, 0.15) is 4.90 Å². The minimum atomic E-state index is -3.58. The van der Waals surface area contributed by atoms with E-state index in [2.05, 4.69) is 14.7 Å². The number of sulfonamides is 1. The van der Waals surface area contributed by atoms with Gasteiger partial charge in [0.05, 0.1) is 12.4 Å². The molecule has 0 aliphatic heterocycles. The Bertz CT molecular complexity index is 581. The molecule has 2 rings (SSSR count). The van der Waals surface area contributed by atoms with Crippen molar-refractivity contribution in [3.63, 3.8) is 0 Å². The first-order valence-electron chi connectivity index (χ1n) is 4.57. The molecule has 0 unspecified atom stereocenters. The SMILES string of the molecule is O=S(=O)(NCc1cccs1)c1cnc(Cl)nc1. The fourth-order valence-corrected chi connectivity index (χ4v) is 2.83. The Morgan fingerprint density at radius 1 is 1.35 bits per heavy atom. The van der Waals surface area contributed by atoms with Crippen molar-refractivity contribution in [3.05, 3.63) is 40.1 Å². The van der Waals surface area contributed by atoms with Crippen LogP contribution in [0.4, 0.5) is 0 Å². The van der Waals surface area contributed by atoms with Crippen LogP contribution in [0.5, 0.6) is 0 Å². The van der Waals surface area contributed by atoms with E-state index in [1.807, 2.05) is 17.5 Å². The molecule has 5 nitrogen and oxygen atoms in total. The number of hydrogen-bond acceptors (Lipinski definition) is 5. The average molecular weight is 290 g/mol. The van der Waals surface area contributed by atoms with Gasteiger partial charge in [-0.1, -0.05) is 6.07 Å². The van der Waals surface area contributed by atoms with E-state index >= 15 is 0 Å². The second-order valence-corrected chi connectivity index (χ2v) is 6.23. The van der Waals surface area contributed by atoms with E-state index in [-0.39, 0.29) is 16.7 Å². The molecule has 0 fully saturated rings. The van der Waals surface area contributed by atoms with E-state index in [1.165, 1.54) is 23.7 Å². The lowest BCUT2D eigenvalue weighted by molar-refractivity contribution is 0.581. The number of hydrogen-bond donors (Lipinski definition) is 1. The van der Waals surface area contributed by atoms with E-state index in [0.717, 1.165) is 4.88 Å². The van der Waals surface area contributed by atoms with Gasteiger partial charge >= 0.3 is 0 Å². The summed E-state index contributed by atoms with van der Waals surface area (Å²) in [4.78, 5) is 8.19. The minimum absolute atomic E-state index is 0.00143. The highest BCUT2D eigenvalue weighted by Gasteiger charge is 2.14. The second kappa shape index (κ2) is 5.09. The number of thiophene rings is 1. The first-order chi connectivity index (χ1) is 8.08. The highest BCUT2D eigenvalue weighted by Crippen LogP contribution is 2.11. The van der Waals surface area contributed by atoms with Crippen molar-refractivity contribution < 1.29 is 8.42 Å². The third kappa shape index (κ3) is 3.22. The van der Waals surface area contributed by atoms with Crippen LogP contribution in [0, 0.1) is 0 Å². The van der Waals surface area contributed by atoms with Crippen LogP contribution >= 0.6 is 22.9 Å². The van der Waals surface area contributed by atoms with Gasteiger partial charge in [-0.05, 0) is 23.0 Å². The highest BCUT2D eigenvalue weighted by molar-refractivity contribution is 7.89. The van der Waals surface area contributed by atoms with E-state index in [9.17, 15) is 8.42 Å². The number of nitrogens with one attached hydrogen (secondary N) is 1. The molecule has 2 aromatic rings. The second-order valence-electron chi connectivity index (χ2n) is 3.09. The van der Waals surface area contributed by atoms with Crippen LogP contribution in [0.3, 0.4) is 0 Å². The summed E-state index contributed by atoms with van der Waals surface area (Å²) in [5, 5.41) is 1.90. The number of rotatable bonds is 4. The van der Waals surface area contributed by atoms with Gasteiger partial charge in [0.2, 0.25) is 15.3 Å². The summed E-state index contributed by atoms with van der Waals surface area (Å²) in [5.74, 6) is 0. The predicted octanol–water partition coefficient (Wildman–Crippen LogP) is 1.67. The van der Waals surface area contributed by atoms with Crippen LogP contribution < -0.4 is 4.72 Å². The zero-order chi connectivity index (χ0) is 12.3. The van der Waals surface area contributed by atoms with Gasteiger partial charge in [0, 0.05) is 11.4 Å². The molecule has 8 heteroatoms. The molecule has 0 amide bonds. The van der Waals surface area contributed by atoms with Crippen LogP contribution in [0.1, 0.15) is 4.88 Å². The van der Waals surface area contributed by atoms with Gasteiger partial charge in [-0.15, -0.1) is 11.3 Å². The Labute approximate surface area is 108 Å². The Balaban J connectivity index is 2.11. The van der Waals surface area contributed by atoms with Gasteiger partial charge in [0.15, 0.2) is 0 Å². The van der Waals surface area contributed by atoms with Crippen molar-refractivity contribution in [2.45, 2.75) is 11.4 Å². The van der Waals surface area contributed by atoms with Crippen LogP contribution in [0.25, 0.3) is 0 Å². The molecule has 0 aliphatic rings. The lowest BCUT2D eigenvalue weighted by Gasteiger charge is -2.04. The first kappa shape index (κ1) is 12.4.